The summed E-state index contributed by atoms with van der Waals surface area (Å²) in [4.78, 5) is 81.8. The lowest BCUT2D eigenvalue weighted by atomic mass is 10.00. The molecule has 24 nitrogen and oxygen atoms in total. The second kappa shape index (κ2) is 27.0. The highest BCUT2D eigenvalue weighted by molar-refractivity contribution is 7.86. The summed E-state index contributed by atoms with van der Waals surface area (Å²) in [5, 5.41) is 56.8. The smallest absolute Gasteiger partial charge is 0.407 e. The molecule has 0 radical (unpaired) electrons. The number of amides is 3. The first-order valence-electron chi connectivity index (χ1n) is 24.5. The third-order valence-electron chi connectivity index (χ3n) is 12.3. The van der Waals surface area contributed by atoms with Gasteiger partial charge in [-0.2, -0.15) is 13.5 Å². The highest BCUT2D eigenvalue weighted by atomic mass is 32.2. The lowest BCUT2D eigenvalue weighted by molar-refractivity contribution is -0.140. The molecule has 0 unspecified atom stereocenters. The summed E-state index contributed by atoms with van der Waals surface area (Å²) >= 11 is 0. The Labute approximate surface area is 440 Å². The van der Waals surface area contributed by atoms with Gasteiger partial charge in [0.1, 0.15) is 22.2 Å². The highest BCUT2D eigenvalue weighted by Crippen LogP contribution is 2.41. The average molecular weight is 1080 g/mol. The van der Waals surface area contributed by atoms with Crippen LogP contribution in [0.1, 0.15) is 51.2 Å². The van der Waals surface area contributed by atoms with Gasteiger partial charge in [-0.25, -0.2) is 4.79 Å². The molecule has 10 N–H and O–H groups in total. The van der Waals surface area contributed by atoms with Crippen molar-refractivity contribution >= 4 is 79.5 Å². The molecule has 1 aliphatic heterocycles. The maximum atomic E-state index is 14.1. The number of carbonyl (C=O) groups excluding carboxylic acids is 3. The molecule has 1 saturated heterocycles. The predicted octanol–water partition coefficient (Wildman–Crippen LogP) is 4.67. The number of nitrogen functional groups attached to an aromatic ring is 1. The van der Waals surface area contributed by atoms with Crippen LogP contribution in [-0.4, -0.2) is 186 Å². The Morgan fingerprint density at radius 3 is 1.70 bits per heavy atom. The lowest BCUT2D eigenvalue weighted by Crippen LogP contribution is -2.51. The predicted molar refractivity (Wildman–Crippen MR) is 283 cm³/mol. The second-order valence-corrected chi connectivity index (χ2v) is 20.9. The maximum Gasteiger partial charge on any atom is 0.407 e. The summed E-state index contributed by atoms with van der Waals surface area (Å²) in [6, 6.07) is 14.9. The van der Waals surface area contributed by atoms with Crippen LogP contribution < -0.4 is 21.7 Å². The van der Waals surface area contributed by atoms with Gasteiger partial charge in [-0.05, 0) is 119 Å². The van der Waals surface area contributed by atoms with Crippen molar-refractivity contribution in [1.29, 1.82) is 0 Å². The van der Waals surface area contributed by atoms with Gasteiger partial charge in [0.05, 0.1) is 37.3 Å². The maximum absolute atomic E-state index is 14.1. The van der Waals surface area contributed by atoms with Gasteiger partial charge in [0, 0.05) is 75.7 Å². The van der Waals surface area contributed by atoms with E-state index in [1.165, 1.54) is 18.2 Å². The van der Waals surface area contributed by atoms with E-state index in [0.29, 0.717) is 29.8 Å². The van der Waals surface area contributed by atoms with Crippen molar-refractivity contribution in [1.82, 2.24) is 30.2 Å². The van der Waals surface area contributed by atoms with Crippen molar-refractivity contribution in [3.05, 3.63) is 71.8 Å². The molecule has 4 aromatic rings. The number of alkyl carbamates (subject to hydrolysis) is 1. The number of nitrogens with two attached hydrogens (primary N) is 1. The van der Waals surface area contributed by atoms with Crippen LogP contribution in [-0.2, 0) is 38.8 Å². The number of carbonyl (C=O) groups is 6. The monoisotopic (exact) mass is 1080 g/mol. The van der Waals surface area contributed by atoms with E-state index in [9.17, 15) is 62.2 Å². The summed E-state index contributed by atoms with van der Waals surface area (Å²) in [6.45, 7) is 9.53. The number of nitrogens with zero attached hydrogens (tertiary/aromatic N) is 6. The molecule has 0 bridgehead atoms. The molecule has 1 aliphatic rings. The molecule has 25 heteroatoms. The first-order valence-corrected chi connectivity index (χ1v) is 26.0. The number of benzene rings is 4. The third kappa shape index (κ3) is 18.5. The van der Waals surface area contributed by atoms with Crippen LogP contribution in [0.2, 0.25) is 0 Å². The fraction of sp³-hybridized carbons (Fsp3) is 0.451. The Balaban J connectivity index is 1.31. The number of nitrogens with one attached hydrogen (secondary N) is 3. The fourth-order valence-corrected chi connectivity index (χ4v) is 9.14. The number of phenolic OH excluding ortho intramolecular Hbond substituents is 1. The first-order chi connectivity index (χ1) is 35.8. The Kier molecular flexibility index (Phi) is 21.1. The topological polar surface area (TPSA) is 347 Å². The van der Waals surface area contributed by atoms with Crippen LogP contribution in [0.5, 0.6) is 5.75 Å². The molecule has 0 spiro atoms. The molecule has 76 heavy (non-hydrogen) atoms. The number of aliphatic carboxylic acids is 3. The molecule has 5 rings (SSSR count). The number of anilines is 2. The number of fused-ring (bicyclic) bond motifs is 1. The van der Waals surface area contributed by atoms with E-state index in [1.54, 1.807) is 52.5 Å². The zero-order valence-corrected chi connectivity index (χ0v) is 44.1. The average Bonchev–Trinajstić information content (AvgIpc) is 3.31. The van der Waals surface area contributed by atoms with Crippen LogP contribution in [0.4, 0.5) is 27.5 Å². The van der Waals surface area contributed by atoms with Crippen molar-refractivity contribution in [3.63, 3.8) is 0 Å². The second-order valence-electron chi connectivity index (χ2n) is 19.5. The SMILES string of the molecule is Cc1cc(-c2ccc(NC(=O)[C@@H](CCCCNC(=O)OC(C)(C)C)NC(=O)CN3CCN(CC(=O)O)CCN(CC(=O)O)CCN(CC(=O)O)CC3)c(C)c2)ccc1N=Nc1ccc2c(S(=O)(=O)O)ccc(N)c2c1O. The van der Waals surface area contributed by atoms with Crippen LogP contribution in [0.3, 0.4) is 0 Å². The van der Waals surface area contributed by atoms with Crippen LogP contribution in [0, 0.1) is 13.8 Å². The molecular weight excluding hydrogens is 1010 g/mol. The zero-order chi connectivity index (χ0) is 55.9. The van der Waals surface area contributed by atoms with Gasteiger partial charge in [-0.15, -0.1) is 5.11 Å². The summed E-state index contributed by atoms with van der Waals surface area (Å²) in [7, 11) is -4.61. The highest BCUT2D eigenvalue weighted by Gasteiger charge is 2.26. The van der Waals surface area contributed by atoms with E-state index in [-0.39, 0.29) is 114 Å². The molecule has 1 atom stereocenters. The van der Waals surface area contributed by atoms with E-state index in [4.69, 9.17) is 10.5 Å². The number of azo groups is 1. The summed E-state index contributed by atoms with van der Waals surface area (Å²) in [5.41, 5.74) is 9.40. The number of aryl methyl sites for hydroxylation is 2. The third-order valence-corrected chi connectivity index (χ3v) is 13.2. The van der Waals surface area contributed by atoms with E-state index in [1.807, 2.05) is 38.1 Å². The largest absolute Gasteiger partial charge is 0.505 e. The van der Waals surface area contributed by atoms with Gasteiger partial charge >= 0.3 is 24.0 Å². The standard InChI is InChI=1S/C51H68N10O14S/c1-32-26-34(35-10-14-39(33(2)27-35)56-57-40-15-11-36-42(76(72,73)74)16-12-37(52)47(36)48(40)69)9-13-38(32)55-49(70)41(8-6-7-17-53-50(71)75-51(3,4)5)54-43(62)28-58-18-20-59(29-44(63)64)22-24-61(31-46(67)68)25-23-60(21-19-58)30-45(65)66/h9-16,26-27,41,69H,6-8,17-25,28-31,52H2,1-5H3,(H,53,71)(H,54,62)(H,55,70)(H,63,64)(H,65,66)(H,67,68)(H,72,73,74)/t41-/m1/s1. The zero-order valence-electron chi connectivity index (χ0n) is 43.2. The van der Waals surface area contributed by atoms with Crippen molar-refractivity contribution in [2.45, 2.75) is 70.4 Å². The van der Waals surface area contributed by atoms with Gasteiger partial charge in [0.2, 0.25) is 11.8 Å². The van der Waals surface area contributed by atoms with E-state index in [2.05, 4.69) is 26.2 Å². The fourth-order valence-electron chi connectivity index (χ4n) is 8.46. The Bertz CT molecular complexity index is 2880. The minimum absolute atomic E-state index is 0.00647. The van der Waals surface area contributed by atoms with Gasteiger partial charge in [0.25, 0.3) is 10.1 Å². The van der Waals surface area contributed by atoms with Gasteiger partial charge in [-0.1, -0.05) is 18.2 Å². The minimum atomic E-state index is -4.61. The lowest BCUT2D eigenvalue weighted by Gasteiger charge is -2.33. The molecule has 412 valence electrons. The number of aromatic hydroxyl groups is 1. The molecule has 1 fully saturated rings. The summed E-state index contributed by atoms with van der Waals surface area (Å²) in [5.74, 6) is -4.68. The van der Waals surface area contributed by atoms with Crippen LogP contribution in [0.15, 0.2) is 75.8 Å². The Hall–Kier alpha value is -7.29. The van der Waals surface area contributed by atoms with E-state index < -0.39 is 68.2 Å². The van der Waals surface area contributed by atoms with Crippen LogP contribution >= 0.6 is 0 Å². The first kappa shape index (κ1) is 59.6. The van der Waals surface area contributed by atoms with E-state index in [0.717, 1.165) is 22.8 Å². The number of hydrogen-bond donors (Lipinski definition) is 9. The molecule has 1 heterocycles. The van der Waals surface area contributed by atoms with Crippen molar-refractivity contribution < 1.29 is 66.9 Å². The molecule has 0 aliphatic carbocycles. The number of carboxylic acids is 3. The number of unbranched alkanes of at least 4 members (excludes halogenated alkanes) is 1. The number of hydrogen-bond acceptors (Lipinski definition) is 17. The summed E-state index contributed by atoms with van der Waals surface area (Å²) in [6.07, 6.45) is 0.449. The Morgan fingerprint density at radius 2 is 1.20 bits per heavy atom. The molecular formula is C51H68N10O14S. The number of ether oxygens (including phenoxy) is 1. The Morgan fingerprint density at radius 1 is 0.697 bits per heavy atom. The van der Waals surface area contributed by atoms with Crippen molar-refractivity contribution in [2.24, 2.45) is 10.2 Å². The number of carboxylic acid groups (broad SMARTS) is 3. The summed E-state index contributed by atoms with van der Waals surface area (Å²) < 4.78 is 38.9. The van der Waals surface area contributed by atoms with Gasteiger partial charge in [0.15, 0.2) is 5.75 Å². The molecule has 3 amide bonds. The molecule has 0 saturated carbocycles. The van der Waals surface area contributed by atoms with Crippen LogP contribution in [0.25, 0.3) is 21.9 Å². The van der Waals surface area contributed by atoms with Crippen molar-refractivity contribution in [3.8, 4) is 16.9 Å². The van der Waals surface area contributed by atoms with Gasteiger partial charge < -0.3 is 46.8 Å². The minimum Gasteiger partial charge on any atom is -0.505 e. The van der Waals surface area contributed by atoms with E-state index >= 15 is 0 Å². The number of phenols is 1. The quantitative estimate of drug-likeness (QED) is 0.0251. The normalized spacial score (nSPS) is 15.3. The van der Waals surface area contributed by atoms with Gasteiger partial charge in [-0.3, -0.25) is 48.1 Å². The molecule has 4 aromatic carbocycles. The molecule has 0 aromatic heterocycles. The van der Waals surface area contributed by atoms with Crippen molar-refractivity contribution in [2.75, 3.05) is 96.1 Å². The number of rotatable bonds is 20.